The van der Waals surface area contributed by atoms with Crippen LogP contribution in [0.1, 0.15) is 39.5 Å². The summed E-state index contributed by atoms with van der Waals surface area (Å²) in [5.41, 5.74) is 0. The Balaban J connectivity index is 2.23. The first-order valence-electron chi connectivity index (χ1n) is 6.31. The van der Waals surface area contributed by atoms with Gasteiger partial charge in [0.1, 0.15) is 0 Å². The topological polar surface area (TPSA) is 52.6 Å². The Kier molecular flexibility index (Phi) is 5.77. The number of amides is 1. The summed E-state index contributed by atoms with van der Waals surface area (Å²) < 4.78 is 0. The SMILES string of the molecule is CC(O)CCNC(C)C(=O)N1CCCCC1. The Morgan fingerprint density at radius 1 is 1.31 bits per heavy atom. The van der Waals surface area contributed by atoms with Gasteiger partial charge in [-0.1, -0.05) is 0 Å². The van der Waals surface area contributed by atoms with Crippen LogP contribution in [-0.2, 0) is 4.79 Å². The lowest BCUT2D eigenvalue weighted by molar-refractivity contribution is -0.133. The molecule has 1 rings (SSSR count). The molecule has 1 fully saturated rings. The molecule has 1 saturated heterocycles. The second-order valence-electron chi connectivity index (χ2n) is 4.70. The van der Waals surface area contributed by atoms with E-state index in [-0.39, 0.29) is 18.1 Å². The number of aliphatic hydroxyl groups excluding tert-OH is 1. The number of carbonyl (C=O) groups excluding carboxylic acids is 1. The summed E-state index contributed by atoms with van der Waals surface area (Å²) in [7, 11) is 0. The van der Waals surface area contributed by atoms with Gasteiger partial charge in [-0.05, 0) is 46.1 Å². The van der Waals surface area contributed by atoms with Crippen molar-refractivity contribution in [1.29, 1.82) is 0 Å². The first kappa shape index (κ1) is 13.5. The predicted molar refractivity (Wildman–Crippen MR) is 64.2 cm³/mol. The highest BCUT2D eigenvalue weighted by Crippen LogP contribution is 2.09. The van der Waals surface area contributed by atoms with Crippen LogP contribution < -0.4 is 5.32 Å². The molecular weight excluding hydrogens is 204 g/mol. The first-order valence-corrected chi connectivity index (χ1v) is 6.31. The minimum Gasteiger partial charge on any atom is -0.393 e. The van der Waals surface area contributed by atoms with Gasteiger partial charge in [-0.3, -0.25) is 4.79 Å². The summed E-state index contributed by atoms with van der Waals surface area (Å²) in [6.07, 6.45) is 3.90. The first-order chi connectivity index (χ1) is 7.61. The molecule has 0 radical (unpaired) electrons. The van der Waals surface area contributed by atoms with Crippen molar-refractivity contribution in [3.63, 3.8) is 0 Å². The lowest BCUT2D eigenvalue weighted by Gasteiger charge is -2.29. The fraction of sp³-hybridized carbons (Fsp3) is 0.917. The van der Waals surface area contributed by atoms with Crippen LogP contribution in [0.15, 0.2) is 0 Å². The molecule has 4 heteroatoms. The van der Waals surface area contributed by atoms with Crippen LogP contribution in [0, 0.1) is 0 Å². The molecular formula is C12H24N2O2. The van der Waals surface area contributed by atoms with Crippen LogP contribution >= 0.6 is 0 Å². The normalized spacial score (nSPS) is 20.6. The van der Waals surface area contributed by atoms with Gasteiger partial charge in [0.2, 0.25) is 5.91 Å². The fourth-order valence-corrected chi connectivity index (χ4v) is 1.98. The van der Waals surface area contributed by atoms with E-state index in [4.69, 9.17) is 5.11 Å². The Labute approximate surface area is 98.0 Å². The molecule has 2 N–H and O–H groups in total. The Morgan fingerprint density at radius 2 is 1.94 bits per heavy atom. The van der Waals surface area contributed by atoms with Crippen molar-refractivity contribution in [2.75, 3.05) is 19.6 Å². The van der Waals surface area contributed by atoms with E-state index < -0.39 is 0 Å². The van der Waals surface area contributed by atoms with Gasteiger partial charge in [-0.15, -0.1) is 0 Å². The number of rotatable bonds is 5. The van der Waals surface area contributed by atoms with E-state index in [2.05, 4.69) is 5.32 Å². The molecule has 1 amide bonds. The van der Waals surface area contributed by atoms with Gasteiger partial charge >= 0.3 is 0 Å². The van der Waals surface area contributed by atoms with Gasteiger partial charge in [0.25, 0.3) is 0 Å². The number of hydrogen-bond acceptors (Lipinski definition) is 3. The zero-order valence-electron chi connectivity index (χ0n) is 10.4. The molecule has 0 aromatic carbocycles. The van der Waals surface area contributed by atoms with Crippen molar-refractivity contribution in [1.82, 2.24) is 10.2 Å². The van der Waals surface area contributed by atoms with E-state index in [1.54, 1.807) is 6.92 Å². The second-order valence-corrected chi connectivity index (χ2v) is 4.70. The monoisotopic (exact) mass is 228 g/mol. The van der Waals surface area contributed by atoms with Crippen molar-refractivity contribution < 1.29 is 9.90 Å². The Bertz CT molecular complexity index is 213. The summed E-state index contributed by atoms with van der Waals surface area (Å²) in [5, 5.41) is 12.3. The minimum absolute atomic E-state index is 0.128. The van der Waals surface area contributed by atoms with Crippen molar-refractivity contribution in [3.05, 3.63) is 0 Å². The molecule has 1 aliphatic rings. The molecule has 1 heterocycles. The fourth-order valence-electron chi connectivity index (χ4n) is 1.98. The average molecular weight is 228 g/mol. The van der Waals surface area contributed by atoms with Gasteiger partial charge in [0, 0.05) is 13.1 Å². The van der Waals surface area contributed by atoms with Crippen LogP contribution in [0.4, 0.5) is 0 Å². The van der Waals surface area contributed by atoms with E-state index in [1.807, 2.05) is 11.8 Å². The number of nitrogens with zero attached hydrogens (tertiary/aromatic N) is 1. The van der Waals surface area contributed by atoms with Crippen LogP contribution in [0.2, 0.25) is 0 Å². The van der Waals surface area contributed by atoms with Gasteiger partial charge in [0.05, 0.1) is 12.1 Å². The maximum absolute atomic E-state index is 12.0. The Morgan fingerprint density at radius 3 is 2.50 bits per heavy atom. The highest BCUT2D eigenvalue weighted by Gasteiger charge is 2.21. The van der Waals surface area contributed by atoms with Crippen LogP contribution in [-0.4, -0.2) is 47.7 Å². The number of piperidine rings is 1. The van der Waals surface area contributed by atoms with Crippen LogP contribution in [0.5, 0.6) is 0 Å². The largest absolute Gasteiger partial charge is 0.393 e. The van der Waals surface area contributed by atoms with Gasteiger partial charge in [0.15, 0.2) is 0 Å². The average Bonchev–Trinajstić information content (AvgIpc) is 2.28. The van der Waals surface area contributed by atoms with Crippen molar-refractivity contribution in [2.24, 2.45) is 0 Å². The molecule has 2 unspecified atom stereocenters. The molecule has 0 saturated carbocycles. The highest BCUT2D eigenvalue weighted by atomic mass is 16.3. The molecule has 16 heavy (non-hydrogen) atoms. The molecule has 0 bridgehead atoms. The summed E-state index contributed by atoms with van der Waals surface area (Å²) in [5.74, 6) is 0.199. The summed E-state index contributed by atoms with van der Waals surface area (Å²) >= 11 is 0. The van der Waals surface area contributed by atoms with Gasteiger partial charge < -0.3 is 15.3 Å². The quantitative estimate of drug-likeness (QED) is 0.730. The molecule has 0 spiro atoms. The Hall–Kier alpha value is -0.610. The van der Waals surface area contributed by atoms with Gasteiger partial charge in [-0.2, -0.15) is 0 Å². The third-order valence-corrected chi connectivity index (χ3v) is 3.05. The lowest BCUT2D eigenvalue weighted by atomic mass is 10.1. The van der Waals surface area contributed by atoms with E-state index in [0.29, 0.717) is 13.0 Å². The van der Waals surface area contributed by atoms with E-state index >= 15 is 0 Å². The third kappa shape index (κ3) is 4.49. The zero-order valence-corrected chi connectivity index (χ0v) is 10.4. The zero-order chi connectivity index (χ0) is 12.0. The lowest BCUT2D eigenvalue weighted by Crippen LogP contribution is -2.47. The number of hydrogen-bond donors (Lipinski definition) is 2. The molecule has 4 nitrogen and oxygen atoms in total. The highest BCUT2D eigenvalue weighted by molar-refractivity contribution is 5.81. The van der Waals surface area contributed by atoms with Crippen LogP contribution in [0.3, 0.4) is 0 Å². The maximum atomic E-state index is 12.0. The van der Waals surface area contributed by atoms with Crippen molar-refractivity contribution in [2.45, 2.75) is 51.7 Å². The van der Waals surface area contributed by atoms with E-state index in [0.717, 1.165) is 25.9 Å². The molecule has 0 aromatic heterocycles. The van der Waals surface area contributed by atoms with Crippen LogP contribution in [0.25, 0.3) is 0 Å². The minimum atomic E-state index is -0.301. The number of likely N-dealkylation sites (tertiary alicyclic amines) is 1. The standard InChI is InChI=1S/C12H24N2O2/c1-10(15)6-7-13-11(2)12(16)14-8-4-3-5-9-14/h10-11,13,15H,3-9H2,1-2H3. The molecule has 94 valence electrons. The number of carbonyl (C=O) groups is 1. The van der Waals surface area contributed by atoms with E-state index in [1.165, 1.54) is 6.42 Å². The molecule has 2 atom stereocenters. The van der Waals surface area contributed by atoms with E-state index in [9.17, 15) is 4.79 Å². The predicted octanol–water partition coefficient (Wildman–Crippen LogP) is 0.748. The van der Waals surface area contributed by atoms with Crippen molar-refractivity contribution >= 4 is 5.91 Å². The third-order valence-electron chi connectivity index (χ3n) is 3.05. The number of nitrogens with one attached hydrogen (secondary N) is 1. The van der Waals surface area contributed by atoms with Crippen molar-refractivity contribution in [3.8, 4) is 0 Å². The summed E-state index contributed by atoms with van der Waals surface area (Å²) in [4.78, 5) is 13.9. The summed E-state index contributed by atoms with van der Waals surface area (Å²) in [6, 6.07) is -0.128. The van der Waals surface area contributed by atoms with Gasteiger partial charge in [-0.25, -0.2) is 0 Å². The molecule has 1 aliphatic heterocycles. The maximum Gasteiger partial charge on any atom is 0.239 e. The number of aliphatic hydroxyl groups is 1. The molecule has 0 aromatic rings. The summed E-state index contributed by atoms with van der Waals surface area (Å²) in [6.45, 7) is 6.17. The molecule has 0 aliphatic carbocycles. The second kappa shape index (κ2) is 6.86. The smallest absolute Gasteiger partial charge is 0.239 e.